The lowest BCUT2D eigenvalue weighted by atomic mass is 10.3. The van der Waals surface area contributed by atoms with E-state index in [0.717, 1.165) is 11.3 Å². The van der Waals surface area contributed by atoms with Crippen LogP contribution in [0.2, 0.25) is 4.34 Å². The third kappa shape index (κ3) is 4.27. The minimum Gasteiger partial charge on any atom is -0.481 e. The van der Waals surface area contributed by atoms with Crippen LogP contribution in [0.4, 0.5) is 0 Å². The average Bonchev–Trinajstić information content (AvgIpc) is 2.55. The van der Waals surface area contributed by atoms with Gasteiger partial charge in [0.1, 0.15) is 4.21 Å². The predicted octanol–water partition coefficient (Wildman–Crippen LogP) is 1.85. The highest BCUT2D eigenvalue weighted by atomic mass is 35.5. The van der Waals surface area contributed by atoms with Crippen molar-refractivity contribution in [3.63, 3.8) is 0 Å². The molecule has 8 heteroatoms. The Morgan fingerprint density at radius 1 is 1.59 bits per heavy atom. The molecular formula is C9H12ClNO4S2. The van der Waals surface area contributed by atoms with Crippen molar-refractivity contribution in [3.05, 3.63) is 16.0 Å². The second kappa shape index (κ2) is 5.81. The molecule has 1 aromatic rings. The van der Waals surface area contributed by atoms with E-state index in [4.69, 9.17) is 16.7 Å². The molecule has 2 N–H and O–H groups in total. The molecule has 96 valence electrons. The first-order valence-corrected chi connectivity index (χ1v) is 7.48. The third-order valence-corrected chi connectivity index (χ3v) is 5.45. The van der Waals surface area contributed by atoms with Gasteiger partial charge in [0, 0.05) is 13.0 Å². The first-order valence-electron chi connectivity index (χ1n) is 4.80. The third-order valence-electron chi connectivity index (χ3n) is 1.96. The first kappa shape index (κ1) is 14.4. The monoisotopic (exact) mass is 297 g/mol. The minimum atomic E-state index is -3.57. The summed E-state index contributed by atoms with van der Waals surface area (Å²) in [5.74, 6) is -0.945. The quantitative estimate of drug-likeness (QED) is 0.785. The maximum Gasteiger partial charge on any atom is 0.303 e. The van der Waals surface area contributed by atoms with Crippen LogP contribution in [0, 0.1) is 6.92 Å². The van der Waals surface area contributed by atoms with Crippen LogP contribution in [-0.2, 0) is 14.8 Å². The summed E-state index contributed by atoms with van der Waals surface area (Å²) in [6.45, 7) is 1.82. The maximum absolute atomic E-state index is 11.7. The summed E-state index contributed by atoms with van der Waals surface area (Å²) in [7, 11) is -3.57. The van der Waals surface area contributed by atoms with Gasteiger partial charge in [-0.2, -0.15) is 0 Å². The highest BCUT2D eigenvalue weighted by Crippen LogP contribution is 2.29. The van der Waals surface area contributed by atoms with Gasteiger partial charge >= 0.3 is 5.97 Å². The smallest absolute Gasteiger partial charge is 0.303 e. The van der Waals surface area contributed by atoms with Gasteiger partial charge < -0.3 is 5.11 Å². The lowest BCUT2D eigenvalue weighted by molar-refractivity contribution is -0.137. The van der Waals surface area contributed by atoms with E-state index >= 15 is 0 Å². The zero-order valence-electron chi connectivity index (χ0n) is 9.07. The van der Waals surface area contributed by atoms with Crippen molar-refractivity contribution in [3.8, 4) is 0 Å². The van der Waals surface area contributed by atoms with E-state index in [-0.39, 0.29) is 23.6 Å². The van der Waals surface area contributed by atoms with E-state index in [1.807, 2.05) is 0 Å². The van der Waals surface area contributed by atoms with Crippen LogP contribution in [0.3, 0.4) is 0 Å². The molecule has 0 saturated carbocycles. The van der Waals surface area contributed by atoms with Crippen LogP contribution in [-0.4, -0.2) is 26.0 Å². The van der Waals surface area contributed by atoms with Crippen molar-refractivity contribution >= 4 is 38.9 Å². The van der Waals surface area contributed by atoms with Crippen molar-refractivity contribution in [1.29, 1.82) is 0 Å². The number of nitrogens with one attached hydrogen (secondary N) is 1. The van der Waals surface area contributed by atoms with Crippen molar-refractivity contribution in [1.82, 2.24) is 4.72 Å². The van der Waals surface area contributed by atoms with Crippen molar-refractivity contribution < 1.29 is 18.3 Å². The van der Waals surface area contributed by atoms with Gasteiger partial charge in [-0.05, 0) is 25.0 Å². The predicted molar refractivity (Wildman–Crippen MR) is 66.1 cm³/mol. The highest BCUT2D eigenvalue weighted by Gasteiger charge is 2.17. The first-order chi connectivity index (χ1) is 7.83. The fourth-order valence-corrected chi connectivity index (χ4v) is 3.91. The Morgan fingerprint density at radius 3 is 2.71 bits per heavy atom. The molecule has 1 aromatic heterocycles. The standard InChI is InChI=1S/C9H12ClNO4S2/c1-6-5-8(16-9(6)10)17(14,15)11-4-2-3-7(12)13/h5,11H,2-4H2,1H3,(H,12,13). The summed E-state index contributed by atoms with van der Waals surface area (Å²) in [4.78, 5) is 10.2. The van der Waals surface area contributed by atoms with Gasteiger partial charge in [0.2, 0.25) is 10.0 Å². The van der Waals surface area contributed by atoms with Gasteiger partial charge in [-0.1, -0.05) is 11.6 Å². The summed E-state index contributed by atoms with van der Waals surface area (Å²) in [5.41, 5.74) is 0.711. The van der Waals surface area contributed by atoms with Crippen molar-refractivity contribution in [2.45, 2.75) is 24.0 Å². The molecule has 0 fully saturated rings. The Bertz CT molecular complexity index is 490. The summed E-state index contributed by atoms with van der Waals surface area (Å²) in [5, 5.41) is 8.41. The molecule has 17 heavy (non-hydrogen) atoms. The number of aryl methyl sites for hydroxylation is 1. The van der Waals surface area contributed by atoms with E-state index in [0.29, 0.717) is 9.90 Å². The molecule has 0 atom stereocenters. The molecule has 0 aliphatic heterocycles. The van der Waals surface area contributed by atoms with Crippen LogP contribution in [0.1, 0.15) is 18.4 Å². The fourth-order valence-electron chi connectivity index (χ4n) is 1.08. The number of hydrogen-bond donors (Lipinski definition) is 2. The molecule has 5 nitrogen and oxygen atoms in total. The molecule has 0 aliphatic rings. The fraction of sp³-hybridized carbons (Fsp3) is 0.444. The maximum atomic E-state index is 11.7. The number of sulfonamides is 1. The Morgan fingerprint density at radius 2 is 2.24 bits per heavy atom. The summed E-state index contributed by atoms with van der Waals surface area (Å²) in [6, 6.07) is 1.49. The van der Waals surface area contributed by atoms with Crippen LogP contribution in [0.5, 0.6) is 0 Å². The lowest BCUT2D eigenvalue weighted by Crippen LogP contribution is -2.24. The van der Waals surface area contributed by atoms with Crippen molar-refractivity contribution in [2.75, 3.05) is 6.54 Å². The molecule has 0 aliphatic carbocycles. The molecule has 0 aromatic carbocycles. The van der Waals surface area contributed by atoms with E-state index in [1.165, 1.54) is 6.07 Å². The minimum absolute atomic E-state index is 0.0628. The normalized spacial score (nSPS) is 11.6. The summed E-state index contributed by atoms with van der Waals surface area (Å²) in [6.07, 6.45) is 0.194. The molecule has 0 saturated heterocycles. The molecule has 0 amide bonds. The van der Waals surface area contributed by atoms with Crippen LogP contribution in [0.25, 0.3) is 0 Å². The number of halogens is 1. The van der Waals surface area contributed by atoms with Gasteiger partial charge in [-0.15, -0.1) is 11.3 Å². The van der Waals surface area contributed by atoms with E-state index in [2.05, 4.69) is 4.72 Å². The van der Waals surface area contributed by atoms with Gasteiger partial charge in [0.05, 0.1) is 4.34 Å². The molecule has 0 unspecified atom stereocenters. The zero-order chi connectivity index (χ0) is 13.1. The number of rotatable bonds is 6. The zero-order valence-corrected chi connectivity index (χ0v) is 11.5. The topological polar surface area (TPSA) is 83.5 Å². The van der Waals surface area contributed by atoms with E-state index in [1.54, 1.807) is 6.92 Å². The van der Waals surface area contributed by atoms with Gasteiger partial charge in [0.15, 0.2) is 0 Å². The SMILES string of the molecule is Cc1cc(S(=O)(=O)NCCCC(=O)O)sc1Cl. The highest BCUT2D eigenvalue weighted by molar-refractivity contribution is 7.91. The van der Waals surface area contributed by atoms with Gasteiger partial charge in [-0.25, -0.2) is 13.1 Å². The number of aliphatic carboxylic acids is 1. The van der Waals surface area contributed by atoms with Crippen LogP contribution >= 0.6 is 22.9 Å². The Kier molecular flexibility index (Phi) is 4.93. The van der Waals surface area contributed by atoms with E-state index in [9.17, 15) is 13.2 Å². The number of carbonyl (C=O) groups is 1. The summed E-state index contributed by atoms with van der Waals surface area (Å²) < 4.78 is 26.4. The van der Waals surface area contributed by atoms with Gasteiger partial charge in [0.25, 0.3) is 0 Å². The molecule has 0 bridgehead atoms. The summed E-state index contributed by atoms with van der Waals surface area (Å²) >= 11 is 6.77. The van der Waals surface area contributed by atoms with Crippen LogP contribution in [0.15, 0.2) is 10.3 Å². The van der Waals surface area contributed by atoms with Crippen molar-refractivity contribution in [2.24, 2.45) is 0 Å². The number of thiophene rings is 1. The second-order valence-corrected chi connectivity index (χ2v) is 7.07. The molecule has 1 rings (SSSR count). The molecule has 0 spiro atoms. The molecule has 1 heterocycles. The Hall–Kier alpha value is -0.630. The Balaban J connectivity index is 2.60. The lowest BCUT2D eigenvalue weighted by Gasteiger charge is -2.02. The van der Waals surface area contributed by atoms with Gasteiger partial charge in [-0.3, -0.25) is 4.79 Å². The second-order valence-electron chi connectivity index (χ2n) is 3.42. The largest absolute Gasteiger partial charge is 0.481 e. The van der Waals surface area contributed by atoms with Crippen LogP contribution < -0.4 is 4.72 Å². The number of hydrogen-bond acceptors (Lipinski definition) is 4. The average molecular weight is 298 g/mol. The molecular weight excluding hydrogens is 286 g/mol. The number of carboxylic acids is 1. The number of carboxylic acid groups (broad SMARTS) is 1. The Labute approximate surface area is 108 Å². The molecule has 0 radical (unpaired) electrons. The van der Waals surface area contributed by atoms with E-state index < -0.39 is 16.0 Å².